The first-order valence-corrected chi connectivity index (χ1v) is 5.21. The minimum Gasteiger partial charge on any atom is -0.461 e. The van der Waals surface area contributed by atoms with Gasteiger partial charge in [0.2, 0.25) is 5.78 Å². The lowest BCUT2D eigenvalue weighted by atomic mass is 9.97. The molecule has 1 aromatic rings. The van der Waals surface area contributed by atoms with Gasteiger partial charge in [-0.3, -0.25) is 4.79 Å². The molecule has 2 heterocycles. The summed E-state index contributed by atoms with van der Waals surface area (Å²) in [5.41, 5.74) is 0. The lowest BCUT2D eigenvalue weighted by Crippen LogP contribution is -2.39. The number of ketones is 1. The van der Waals surface area contributed by atoms with Crippen LogP contribution < -0.4 is 5.32 Å². The van der Waals surface area contributed by atoms with E-state index < -0.39 is 0 Å². The summed E-state index contributed by atoms with van der Waals surface area (Å²) >= 11 is 0. The van der Waals surface area contributed by atoms with E-state index in [1.165, 1.54) is 6.26 Å². The van der Waals surface area contributed by atoms with Gasteiger partial charge in [-0.2, -0.15) is 0 Å². The molecule has 4 nitrogen and oxygen atoms in total. The van der Waals surface area contributed by atoms with Gasteiger partial charge in [0, 0.05) is 6.04 Å². The zero-order chi connectivity index (χ0) is 10.7. The Morgan fingerprint density at radius 2 is 2.47 bits per heavy atom. The Bertz CT molecular complexity index is 321. The van der Waals surface area contributed by atoms with Crippen LogP contribution in [0.1, 0.15) is 17.5 Å². The number of hydrogen-bond donors (Lipinski definition) is 1. The molecule has 1 N–H and O–H groups in total. The van der Waals surface area contributed by atoms with Gasteiger partial charge in [-0.15, -0.1) is 0 Å². The summed E-state index contributed by atoms with van der Waals surface area (Å²) < 4.78 is 10.4. The lowest BCUT2D eigenvalue weighted by Gasteiger charge is -2.15. The standard InChI is InChI=1S/C11H15NO3/c1-2-12-9-7-14-6-8(9)11(13)10-4-3-5-15-10/h3-5,8-9,12H,2,6-7H2,1H3. The van der Waals surface area contributed by atoms with Gasteiger partial charge in [0.05, 0.1) is 25.4 Å². The zero-order valence-electron chi connectivity index (χ0n) is 8.73. The van der Waals surface area contributed by atoms with E-state index in [-0.39, 0.29) is 17.7 Å². The van der Waals surface area contributed by atoms with Crippen molar-refractivity contribution in [1.29, 1.82) is 0 Å². The molecule has 0 aliphatic carbocycles. The molecular formula is C11H15NO3. The van der Waals surface area contributed by atoms with Crippen molar-refractivity contribution in [3.63, 3.8) is 0 Å². The predicted molar refractivity (Wildman–Crippen MR) is 54.8 cm³/mol. The second-order valence-electron chi connectivity index (χ2n) is 3.65. The highest BCUT2D eigenvalue weighted by atomic mass is 16.5. The third-order valence-corrected chi connectivity index (χ3v) is 2.65. The van der Waals surface area contributed by atoms with Crippen LogP contribution >= 0.6 is 0 Å². The van der Waals surface area contributed by atoms with Crippen molar-refractivity contribution in [2.75, 3.05) is 19.8 Å². The van der Waals surface area contributed by atoms with E-state index in [9.17, 15) is 4.79 Å². The Morgan fingerprint density at radius 1 is 1.60 bits per heavy atom. The van der Waals surface area contributed by atoms with E-state index in [1.54, 1.807) is 12.1 Å². The van der Waals surface area contributed by atoms with Gasteiger partial charge in [-0.25, -0.2) is 0 Å². The third-order valence-electron chi connectivity index (χ3n) is 2.65. The SMILES string of the molecule is CCNC1COCC1C(=O)c1ccco1. The van der Waals surface area contributed by atoms with Crippen molar-refractivity contribution >= 4 is 5.78 Å². The topological polar surface area (TPSA) is 51.5 Å². The van der Waals surface area contributed by atoms with Gasteiger partial charge in [-0.05, 0) is 18.7 Å². The van der Waals surface area contributed by atoms with E-state index >= 15 is 0 Å². The van der Waals surface area contributed by atoms with E-state index in [0.717, 1.165) is 6.54 Å². The van der Waals surface area contributed by atoms with Crippen molar-refractivity contribution < 1.29 is 13.9 Å². The van der Waals surface area contributed by atoms with Gasteiger partial charge < -0.3 is 14.5 Å². The van der Waals surface area contributed by atoms with E-state index in [0.29, 0.717) is 19.0 Å². The number of furan rings is 1. The number of hydrogen-bond acceptors (Lipinski definition) is 4. The second kappa shape index (κ2) is 4.59. The highest BCUT2D eigenvalue weighted by Crippen LogP contribution is 2.19. The van der Waals surface area contributed by atoms with E-state index in [4.69, 9.17) is 9.15 Å². The largest absolute Gasteiger partial charge is 0.461 e. The molecule has 0 aromatic carbocycles. The molecule has 0 bridgehead atoms. The Morgan fingerprint density at radius 3 is 3.13 bits per heavy atom. The fourth-order valence-corrected chi connectivity index (χ4v) is 1.88. The average molecular weight is 209 g/mol. The van der Waals surface area contributed by atoms with Gasteiger partial charge >= 0.3 is 0 Å². The number of rotatable bonds is 4. The molecule has 2 unspecified atom stereocenters. The highest BCUT2D eigenvalue weighted by molar-refractivity contribution is 5.96. The molecule has 0 spiro atoms. The summed E-state index contributed by atoms with van der Waals surface area (Å²) in [7, 11) is 0. The molecule has 1 fully saturated rings. The van der Waals surface area contributed by atoms with Crippen LogP contribution in [0.15, 0.2) is 22.8 Å². The molecule has 2 atom stereocenters. The first-order chi connectivity index (χ1) is 7.33. The summed E-state index contributed by atoms with van der Waals surface area (Å²) in [6, 6.07) is 3.54. The van der Waals surface area contributed by atoms with Crippen LogP contribution in [0.2, 0.25) is 0 Å². The van der Waals surface area contributed by atoms with Gasteiger partial charge in [0.15, 0.2) is 5.76 Å². The molecule has 1 saturated heterocycles. The molecule has 1 aliphatic heterocycles. The molecule has 2 rings (SSSR count). The number of carbonyl (C=O) groups is 1. The molecule has 15 heavy (non-hydrogen) atoms. The molecular weight excluding hydrogens is 194 g/mol. The zero-order valence-corrected chi connectivity index (χ0v) is 8.73. The number of Topliss-reactive ketones (excluding diaryl/α,β-unsaturated/α-hetero) is 1. The first-order valence-electron chi connectivity index (χ1n) is 5.21. The Kier molecular flexibility index (Phi) is 3.18. The van der Waals surface area contributed by atoms with Crippen molar-refractivity contribution in [2.45, 2.75) is 13.0 Å². The number of likely N-dealkylation sites (N-methyl/N-ethyl adjacent to an activating group) is 1. The van der Waals surface area contributed by atoms with Crippen molar-refractivity contribution in [3.8, 4) is 0 Å². The molecule has 0 radical (unpaired) electrons. The maximum Gasteiger partial charge on any atom is 0.204 e. The van der Waals surface area contributed by atoms with Gasteiger partial charge in [0.25, 0.3) is 0 Å². The van der Waals surface area contributed by atoms with Crippen LogP contribution in [0.25, 0.3) is 0 Å². The summed E-state index contributed by atoms with van der Waals surface area (Å²) in [4.78, 5) is 12.0. The van der Waals surface area contributed by atoms with Crippen LogP contribution in [-0.2, 0) is 4.74 Å². The van der Waals surface area contributed by atoms with Crippen molar-refractivity contribution in [3.05, 3.63) is 24.2 Å². The highest BCUT2D eigenvalue weighted by Gasteiger charge is 2.34. The molecule has 82 valence electrons. The van der Waals surface area contributed by atoms with Gasteiger partial charge in [0.1, 0.15) is 0 Å². The monoisotopic (exact) mass is 209 g/mol. The predicted octanol–water partition coefficient (Wildman–Crippen LogP) is 1.09. The van der Waals surface area contributed by atoms with Crippen molar-refractivity contribution in [1.82, 2.24) is 5.32 Å². The maximum absolute atomic E-state index is 12.0. The number of nitrogens with one attached hydrogen (secondary N) is 1. The number of carbonyl (C=O) groups excluding carboxylic acids is 1. The summed E-state index contributed by atoms with van der Waals surface area (Å²) in [6.45, 7) is 3.95. The maximum atomic E-state index is 12.0. The van der Waals surface area contributed by atoms with Crippen LogP contribution in [0.5, 0.6) is 0 Å². The number of ether oxygens (including phenoxy) is 1. The lowest BCUT2D eigenvalue weighted by molar-refractivity contribution is 0.0863. The second-order valence-corrected chi connectivity index (χ2v) is 3.65. The smallest absolute Gasteiger partial charge is 0.204 e. The molecule has 0 amide bonds. The Hall–Kier alpha value is -1.13. The van der Waals surface area contributed by atoms with E-state index in [1.807, 2.05) is 6.92 Å². The minimum absolute atomic E-state index is 0.0310. The minimum atomic E-state index is -0.115. The summed E-state index contributed by atoms with van der Waals surface area (Å²) in [5.74, 6) is 0.341. The summed E-state index contributed by atoms with van der Waals surface area (Å²) in [5, 5.41) is 3.25. The third kappa shape index (κ3) is 2.11. The van der Waals surface area contributed by atoms with Crippen LogP contribution in [0.4, 0.5) is 0 Å². The normalized spacial score (nSPS) is 25.7. The molecule has 1 aliphatic rings. The van der Waals surface area contributed by atoms with Crippen LogP contribution in [0, 0.1) is 5.92 Å². The quantitative estimate of drug-likeness (QED) is 0.754. The fraction of sp³-hybridized carbons (Fsp3) is 0.545. The van der Waals surface area contributed by atoms with Gasteiger partial charge in [-0.1, -0.05) is 6.92 Å². The van der Waals surface area contributed by atoms with E-state index in [2.05, 4.69) is 5.32 Å². The molecule has 0 saturated carbocycles. The van der Waals surface area contributed by atoms with Crippen LogP contribution in [0.3, 0.4) is 0 Å². The Balaban J connectivity index is 2.06. The first kappa shape index (κ1) is 10.4. The van der Waals surface area contributed by atoms with Crippen molar-refractivity contribution in [2.24, 2.45) is 5.92 Å². The Labute approximate surface area is 88.6 Å². The fourth-order valence-electron chi connectivity index (χ4n) is 1.88. The average Bonchev–Trinajstić information content (AvgIpc) is 2.87. The summed E-state index contributed by atoms with van der Waals surface area (Å²) in [6.07, 6.45) is 1.52. The van der Waals surface area contributed by atoms with Crippen LogP contribution in [-0.4, -0.2) is 31.6 Å². The molecule has 1 aromatic heterocycles. The molecule has 4 heteroatoms.